The van der Waals surface area contributed by atoms with Crippen LogP contribution in [0.15, 0.2) is 12.2 Å². The van der Waals surface area contributed by atoms with E-state index in [9.17, 15) is 19.2 Å². The molecule has 8 heteroatoms. The van der Waals surface area contributed by atoms with E-state index in [1.165, 1.54) is 44.9 Å². The quantitative estimate of drug-likeness (QED) is 0.0337. The average molecular weight is 625 g/mol. The van der Waals surface area contributed by atoms with Crippen LogP contribution in [0.1, 0.15) is 169 Å². The Balaban J connectivity index is 3.98. The molecule has 256 valence electrons. The average Bonchev–Trinajstić information content (AvgIpc) is 2.99. The molecule has 0 heterocycles. The van der Waals surface area contributed by atoms with Crippen LogP contribution in [0.3, 0.4) is 0 Å². The Labute approximate surface area is 268 Å². The maximum atomic E-state index is 12.2. The van der Waals surface area contributed by atoms with E-state index in [-0.39, 0.29) is 49.6 Å². The van der Waals surface area contributed by atoms with Crippen molar-refractivity contribution < 1.29 is 38.1 Å². The van der Waals surface area contributed by atoms with Gasteiger partial charge in [-0.3, -0.25) is 19.2 Å². The second kappa shape index (κ2) is 30.6. The van der Waals surface area contributed by atoms with Crippen LogP contribution in [-0.2, 0) is 38.1 Å². The van der Waals surface area contributed by atoms with Gasteiger partial charge in [-0.1, -0.05) is 97.6 Å². The summed E-state index contributed by atoms with van der Waals surface area (Å²) in [5.41, 5.74) is 0. The van der Waals surface area contributed by atoms with Gasteiger partial charge in [0, 0.05) is 32.1 Å². The first kappa shape index (κ1) is 41.6. The molecule has 2 atom stereocenters. The molecule has 0 fully saturated rings. The lowest BCUT2D eigenvalue weighted by Crippen LogP contribution is -2.30. The van der Waals surface area contributed by atoms with Crippen LogP contribution in [0.4, 0.5) is 0 Å². The molecule has 0 radical (unpaired) electrons. The van der Waals surface area contributed by atoms with Crippen molar-refractivity contribution in [3.8, 4) is 0 Å². The second-order valence-corrected chi connectivity index (χ2v) is 11.8. The van der Waals surface area contributed by atoms with E-state index in [4.69, 9.17) is 18.9 Å². The Morgan fingerprint density at radius 2 is 0.955 bits per heavy atom. The smallest absolute Gasteiger partial charge is 0.306 e. The van der Waals surface area contributed by atoms with Crippen LogP contribution < -0.4 is 0 Å². The minimum Gasteiger partial charge on any atom is -0.462 e. The van der Waals surface area contributed by atoms with Crippen LogP contribution in [0.5, 0.6) is 0 Å². The molecule has 0 aliphatic heterocycles. The highest BCUT2D eigenvalue weighted by Crippen LogP contribution is 2.15. The van der Waals surface area contributed by atoms with Gasteiger partial charge in [0.25, 0.3) is 0 Å². The third kappa shape index (κ3) is 27.2. The number of hydrogen-bond acceptors (Lipinski definition) is 8. The maximum absolute atomic E-state index is 12.2. The monoisotopic (exact) mass is 624 g/mol. The van der Waals surface area contributed by atoms with Gasteiger partial charge in [0.2, 0.25) is 0 Å². The van der Waals surface area contributed by atoms with Gasteiger partial charge in [0.05, 0.1) is 0 Å². The number of rotatable bonds is 30. The van der Waals surface area contributed by atoms with Gasteiger partial charge in [0.15, 0.2) is 6.10 Å². The molecule has 0 N–H and O–H groups in total. The van der Waals surface area contributed by atoms with Gasteiger partial charge < -0.3 is 18.9 Å². The zero-order chi connectivity index (χ0) is 32.7. The van der Waals surface area contributed by atoms with Crippen LogP contribution in [0, 0.1) is 0 Å². The summed E-state index contributed by atoms with van der Waals surface area (Å²) >= 11 is 0. The summed E-state index contributed by atoms with van der Waals surface area (Å²) in [4.78, 5) is 47.6. The molecular formula is C36H64O8. The number of esters is 4. The topological polar surface area (TPSA) is 105 Å². The fourth-order valence-electron chi connectivity index (χ4n) is 4.72. The first-order valence-corrected chi connectivity index (χ1v) is 17.7. The maximum Gasteiger partial charge on any atom is 0.306 e. The number of unbranched alkanes of at least 4 members (excludes halogenated alkanes) is 11. The van der Waals surface area contributed by atoms with Crippen LogP contribution in [0.25, 0.3) is 0 Å². The Morgan fingerprint density at radius 1 is 0.477 bits per heavy atom. The van der Waals surface area contributed by atoms with E-state index in [0.29, 0.717) is 32.1 Å². The number of carbonyl (C=O) groups excluding carboxylic acids is 4. The van der Waals surface area contributed by atoms with Crippen molar-refractivity contribution in [2.24, 2.45) is 0 Å². The fraction of sp³-hybridized carbons (Fsp3) is 0.833. The standard InChI is InChI=1S/C36H64O8/c1-5-9-10-20-26-31(43-35(39)24-7-3)27-21-18-16-14-12-11-13-15-17-19-22-28-34(38)42-30-32(44-36(40)25-8-4)29-41-33(37)23-6-2/h18,21,31-32H,5-17,19-20,22-30H2,1-4H3. The molecule has 8 nitrogen and oxygen atoms in total. The van der Waals surface area contributed by atoms with Crippen LogP contribution in [-0.4, -0.2) is 49.3 Å². The summed E-state index contributed by atoms with van der Waals surface area (Å²) in [6.07, 6.45) is 23.6. The molecule has 0 rings (SSSR count). The molecule has 0 aliphatic rings. The summed E-state index contributed by atoms with van der Waals surface area (Å²) in [5, 5.41) is 0. The van der Waals surface area contributed by atoms with Gasteiger partial charge in [-0.15, -0.1) is 0 Å². The SMILES string of the molecule is CCCCCCC(CC=CCCCCCCCCCCC(=O)OCC(COC(=O)CCC)OC(=O)CCC)OC(=O)CCC. The van der Waals surface area contributed by atoms with Gasteiger partial charge in [-0.2, -0.15) is 0 Å². The lowest BCUT2D eigenvalue weighted by Gasteiger charge is -2.18. The van der Waals surface area contributed by atoms with Gasteiger partial charge in [0.1, 0.15) is 19.3 Å². The molecule has 0 saturated heterocycles. The van der Waals surface area contributed by atoms with Crippen molar-refractivity contribution in [3.05, 3.63) is 12.2 Å². The molecule has 0 saturated carbocycles. The van der Waals surface area contributed by atoms with Crippen molar-refractivity contribution >= 4 is 23.9 Å². The molecule has 0 bridgehead atoms. The molecule has 0 amide bonds. The largest absolute Gasteiger partial charge is 0.462 e. The van der Waals surface area contributed by atoms with Gasteiger partial charge in [-0.25, -0.2) is 0 Å². The lowest BCUT2D eigenvalue weighted by atomic mass is 10.0. The first-order chi connectivity index (χ1) is 21.4. The first-order valence-electron chi connectivity index (χ1n) is 17.7. The Hall–Kier alpha value is -2.38. The van der Waals surface area contributed by atoms with Gasteiger partial charge >= 0.3 is 23.9 Å². The summed E-state index contributed by atoms with van der Waals surface area (Å²) in [7, 11) is 0. The predicted molar refractivity (Wildman–Crippen MR) is 175 cm³/mol. The predicted octanol–water partition coefficient (Wildman–Crippen LogP) is 9.11. The minimum atomic E-state index is -0.776. The lowest BCUT2D eigenvalue weighted by molar-refractivity contribution is -0.166. The molecule has 2 unspecified atom stereocenters. The van der Waals surface area contributed by atoms with Crippen molar-refractivity contribution in [1.82, 2.24) is 0 Å². The molecule has 0 aliphatic carbocycles. The molecule has 0 aromatic heterocycles. The van der Waals surface area contributed by atoms with E-state index >= 15 is 0 Å². The third-order valence-corrected chi connectivity index (χ3v) is 7.27. The highest BCUT2D eigenvalue weighted by Gasteiger charge is 2.19. The molecule has 0 aromatic rings. The van der Waals surface area contributed by atoms with Crippen LogP contribution in [0.2, 0.25) is 0 Å². The van der Waals surface area contributed by atoms with Crippen molar-refractivity contribution in [3.63, 3.8) is 0 Å². The van der Waals surface area contributed by atoms with E-state index in [0.717, 1.165) is 57.8 Å². The van der Waals surface area contributed by atoms with Crippen LogP contribution >= 0.6 is 0 Å². The highest BCUT2D eigenvalue weighted by molar-refractivity contribution is 5.71. The fourth-order valence-corrected chi connectivity index (χ4v) is 4.72. The van der Waals surface area contributed by atoms with Crippen molar-refractivity contribution in [2.45, 2.75) is 181 Å². The molecule has 44 heavy (non-hydrogen) atoms. The zero-order valence-electron chi connectivity index (χ0n) is 28.5. The number of hydrogen-bond donors (Lipinski definition) is 0. The summed E-state index contributed by atoms with van der Waals surface area (Å²) < 4.78 is 21.5. The van der Waals surface area contributed by atoms with E-state index < -0.39 is 6.10 Å². The number of ether oxygens (including phenoxy) is 4. The summed E-state index contributed by atoms with van der Waals surface area (Å²) in [6.45, 7) is 7.76. The van der Waals surface area contributed by atoms with E-state index in [2.05, 4.69) is 19.1 Å². The van der Waals surface area contributed by atoms with Crippen molar-refractivity contribution in [2.75, 3.05) is 13.2 Å². The minimum absolute atomic E-state index is 0.0121. The van der Waals surface area contributed by atoms with Crippen molar-refractivity contribution in [1.29, 1.82) is 0 Å². The molecule has 0 spiro atoms. The molecular weight excluding hydrogens is 560 g/mol. The van der Waals surface area contributed by atoms with E-state index in [1.54, 1.807) is 0 Å². The molecule has 0 aromatic carbocycles. The zero-order valence-corrected chi connectivity index (χ0v) is 28.5. The number of allylic oxidation sites excluding steroid dienone is 1. The normalized spacial score (nSPS) is 12.5. The Bertz CT molecular complexity index is 763. The Kier molecular flexibility index (Phi) is 29.0. The number of carbonyl (C=O) groups is 4. The second-order valence-electron chi connectivity index (χ2n) is 11.8. The van der Waals surface area contributed by atoms with E-state index in [1.807, 2.05) is 20.8 Å². The van der Waals surface area contributed by atoms with Gasteiger partial charge in [-0.05, 0) is 51.4 Å². The Morgan fingerprint density at radius 3 is 1.52 bits per heavy atom. The third-order valence-electron chi connectivity index (χ3n) is 7.27. The summed E-state index contributed by atoms with van der Waals surface area (Å²) in [6, 6.07) is 0. The summed E-state index contributed by atoms with van der Waals surface area (Å²) in [5.74, 6) is -1.14. The highest BCUT2D eigenvalue weighted by atomic mass is 16.6.